The zero-order chi connectivity index (χ0) is 8.39. The molecule has 0 saturated carbocycles. The van der Waals surface area contributed by atoms with Crippen LogP contribution in [-0.4, -0.2) is 12.6 Å². The van der Waals surface area contributed by atoms with Gasteiger partial charge < -0.3 is 0 Å². The third-order valence-corrected chi connectivity index (χ3v) is 2.01. The molecule has 1 aromatic rings. The molecule has 0 fully saturated rings. The number of thiol groups is 1. The van der Waals surface area contributed by atoms with Gasteiger partial charge in [0, 0.05) is 11.1 Å². The van der Waals surface area contributed by atoms with Gasteiger partial charge in [-0.15, -0.1) is 12.6 Å². The van der Waals surface area contributed by atoms with Gasteiger partial charge in [-0.3, -0.25) is 4.99 Å². The van der Waals surface area contributed by atoms with Gasteiger partial charge in [0.1, 0.15) is 12.4 Å². The van der Waals surface area contributed by atoms with Crippen LogP contribution in [0.25, 0.3) is 0 Å². The molecule has 1 unspecified atom stereocenters. The Balaban J connectivity index is 2.34. The Hall–Kier alpha value is -1.09. The van der Waals surface area contributed by atoms with Gasteiger partial charge in [0.25, 0.3) is 0 Å². The summed E-state index contributed by atoms with van der Waals surface area (Å²) in [5.74, 6) is 0. The first-order valence-electron chi connectivity index (χ1n) is 3.70. The molecule has 0 saturated heterocycles. The molecule has 0 bridgehead atoms. The van der Waals surface area contributed by atoms with Gasteiger partial charge in [0.15, 0.2) is 0 Å². The topological polar surface area (TPSA) is 24.7 Å². The molecule has 0 aromatic heterocycles. The first-order valence-corrected chi connectivity index (χ1v) is 4.15. The van der Waals surface area contributed by atoms with Crippen molar-refractivity contribution in [2.45, 2.75) is 10.9 Å². The number of hydrogen-bond acceptors (Lipinski definition) is 3. The largest absolute Gasteiger partial charge is 0.260 e. The third kappa shape index (κ3) is 1.41. The molecule has 3 heteroatoms. The van der Waals surface area contributed by atoms with Crippen molar-refractivity contribution in [3.05, 3.63) is 29.8 Å². The normalized spacial score (nSPS) is 20.2. The molecular weight excluding hydrogens is 168 g/mol. The van der Waals surface area contributed by atoms with Gasteiger partial charge in [-0.1, -0.05) is 12.1 Å². The zero-order valence-corrected chi connectivity index (χ0v) is 7.28. The molecule has 0 spiro atoms. The Morgan fingerprint density at radius 1 is 1.33 bits per heavy atom. The predicted octanol–water partition coefficient (Wildman–Crippen LogP) is 2.13. The molecule has 60 valence electrons. The molecule has 0 radical (unpaired) electrons. The van der Waals surface area contributed by atoms with E-state index in [1.807, 2.05) is 30.5 Å². The van der Waals surface area contributed by atoms with Crippen LogP contribution in [0, 0.1) is 0 Å². The molecule has 1 heterocycles. The highest BCUT2D eigenvalue weighted by molar-refractivity contribution is 7.80. The molecule has 2 nitrogen and oxygen atoms in total. The Bertz CT molecular complexity index is 332. The standard InChI is InChI=1S/C9H8N2S/c12-8-3-1-2-7(4-8)9-5-10-6-11-9/h1-6,9,12H. The van der Waals surface area contributed by atoms with Crippen LogP contribution in [0.1, 0.15) is 11.6 Å². The average Bonchev–Trinajstić information content (AvgIpc) is 2.56. The van der Waals surface area contributed by atoms with E-state index in [2.05, 4.69) is 22.6 Å². The first-order chi connectivity index (χ1) is 5.86. The van der Waals surface area contributed by atoms with Gasteiger partial charge in [-0.2, -0.15) is 0 Å². The van der Waals surface area contributed by atoms with Gasteiger partial charge in [-0.25, -0.2) is 4.99 Å². The second kappa shape index (κ2) is 3.11. The van der Waals surface area contributed by atoms with Crippen molar-refractivity contribution in [1.29, 1.82) is 0 Å². The second-order valence-electron chi connectivity index (χ2n) is 2.60. The minimum Gasteiger partial charge on any atom is -0.260 e. The van der Waals surface area contributed by atoms with Crippen LogP contribution >= 0.6 is 12.6 Å². The summed E-state index contributed by atoms with van der Waals surface area (Å²) >= 11 is 4.25. The van der Waals surface area contributed by atoms with Crippen molar-refractivity contribution in [1.82, 2.24) is 0 Å². The molecule has 1 aliphatic heterocycles. The fraction of sp³-hybridized carbons (Fsp3) is 0.111. The molecule has 12 heavy (non-hydrogen) atoms. The monoisotopic (exact) mass is 176 g/mol. The van der Waals surface area contributed by atoms with Crippen LogP contribution in [0.5, 0.6) is 0 Å². The Labute approximate surface area is 76.5 Å². The summed E-state index contributed by atoms with van der Waals surface area (Å²) in [5, 5.41) is 0. The van der Waals surface area contributed by atoms with Crippen LogP contribution in [0.15, 0.2) is 39.1 Å². The number of hydrogen-bond donors (Lipinski definition) is 1. The Morgan fingerprint density at radius 2 is 2.25 bits per heavy atom. The maximum absolute atomic E-state index is 4.25. The predicted molar refractivity (Wildman–Crippen MR) is 53.4 cm³/mol. The maximum Gasteiger partial charge on any atom is 0.112 e. The Kier molecular flexibility index (Phi) is 1.96. The smallest absolute Gasteiger partial charge is 0.112 e. The summed E-state index contributed by atoms with van der Waals surface area (Å²) in [7, 11) is 0. The SMILES string of the molecule is Sc1cccc(C2C=NC=N2)c1. The van der Waals surface area contributed by atoms with E-state index < -0.39 is 0 Å². The van der Waals surface area contributed by atoms with Crippen molar-refractivity contribution in [3.63, 3.8) is 0 Å². The fourth-order valence-electron chi connectivity index (χ4n) is 1.15. The van der Waals surface area contributed by atoms with Crippen molar-refractivity contribution in [2.75, 3.05) is 0 Å². The van der Waals surface area contributed by atoms with E-state index in [9.17, 15) is 0 Å². The van der Waals surface area contributed by atoms with Crippen LogP contribution < -0.4 is 0 Å². The maximum atomic E-state index is 4.25. The number of nitrogens with zero attached hydrogens (tertiary/aromatic N) is 2. The molecule has 1 atom stereocenters. The van der Waals surface area contributed by atoms with E-state index in [1.165, 1.54) is 0 Å². The van der Waals surface area contributed by atoms with E-state index in [-0.39, 0.29) is 6.04 Å². The number of benzene rings is 1. The summed E-state index contributed by atoms with van der Waals surface area (Å²) in [4.78, 5) is 9.06. The van der Waals surface area contributed by atoms with Crippen LogP contribution in [0.3, 0.4) is 0 Å². The average molecular weight is 176 g/mol. The summed E-state index contributed by atoms with van der Waals surface area (Å²) in [6.07, 6.45) is 3.40. The van der Waals surface area contributed by atoms with Gasteiger partial charge in [0.2, 0.25) is 0 Å². The van der Waals surface area contributed by atoms with Gasteiger partial charge in [-0.05, 0) is 17.7 Å². The highest BCUT2D eigenvalue weighted by atomic mass is 32.1. The van der Waals surface area contributed by atoms with Crippen LogP contribution in [0.2, 0.25) is 0 Å². The molecule has 2 rings (SSSR count). The van der Waals surface area contributed by atoms with E-state index in [4.69, 9.17) is 0 Å². The first kappa shape index (κ1) is 7.55. The molecule has 1 aliphatic rings. The molecular formula is C9H8N2S. The highest BCUT2D eigenvalue weighted by Crippen LogP contribution is 2.19. The fourth-order valence-corrected chi connectivity index (χ4v) is 1.38. The Morgan fingerprint density at radius 3 is 2.92 bits per heavy atom. The second-order valence-corrected chi connectivity index (χ2v) is 3.12. The summed E-state index contributed by atoms with van der Waals surface area (Å²) in [6.45, 7) is 0. The lowest BCUT2D eigenvalue weighted by Crippen LogP contribution is -1.92. The summed E-state index contributed by atoms with van der Waals surface area (Å²) in [6, 6.07) is 8.04. The van der Waals surface area contributed by atoms with Crippen LogP contribution in [-0.2, 0) is 0 Å². The van der Waals surface area contributed by atoms with E-state index in [1.54, 1.807) is 6.34 Å². The molecule has 0 N–H and O–H groups in total. The highest BCUT2D eigenvalue weighted by Gasteiger charge is 2.08. The lowest BCUT2D eigenvalue weighted by atomic mass is 10.1. The quantitative estimate of drug-likeness (QED) is 0.634. The lowest BCUT2D eigenvalue weighted by Gasteiger charge is -2.03. The molecule has 1 aromatic carbocycles. The number of rotatable bonds is 1. The minimum absolute atomic E-state index is 0.0945. The molecule has 0 amide bonds. The lowest BCUT2D eigenvalue weighted by molar-refractivity contribution is 1.00. The third-order valence-electron chi connectivity index (χ3n) is 1.73. The van der Waals surface area contributed by atoms with Crippen molar-refractivity contribution in [2.24, 2.45) is 9.98 Å². The van der Waals surface area contributed by atoms with E-state index in [0.717, 1.165) is 10.5 Å². The van der Waals surface area contributed by atoms with Crippen molar-refractivity contribution in [3.8, 4) is 0 Å². The summed E-state index contributed by atoms with van der Waals surface area (Å²) in [5.41, 5.74) is 1.14. The molecule has 0 aliphatic carbocycles. The van der Waals surface area contributed by atoms with E-state index in [0.29, 0.717) is 0 Å². The van der Waals surface area contributed by atoms with Gasteiger partial charge in [0.05, 0.1) is 0 Å². The van der Waals surface area contributed by atoms with Gasteiger partial charge >= 0.3 is 0 Å². The van der Waals surface area contributed by atoms with Crippen molar-refractivity contribution >= 4 is 25.2 Å². The number of aliphatic imine (C=N–C) groups is 2. The summed E-state index contributed by atoms with van der Waals surface area (Å²) < 4.78 is 0. The van der Waals surface area contributed by atoms with E-state index >= 15 is 0 Å². The van der Waals surface area contributed by atoms with Crippen molar-refractivity contribution < 1.29 is 0 Å². The minimum atomic E-state index is 0.0945. The van der Waals surface area contributed by atoms with Crippen LogP contribution in [0.4, 0.5) is 0 Å². The zero-order valence-electron chi connectivity index (χ0n) is 6.38.